The van der Waals surface area contributed by atoms with Crippen molar-refractivity contribution >= 4 is 16.9 Å². The first-order valence-electron chi connectivity index (χ1n) is 4.87. The molecule has 0 bridgehead atoms. The Morgan fingerprint density at radius 1 is 1.33 bits per heavy atom. The highest BCUT2D eigenvalue weighted by Crippen LogP contribution is 2.39. The summed E-state index contributed by atoms with van der Waals surface area (Å²) in [6.07, 6.45) is -4.11. The van der Waals surface area contributed by atoms with Crippen LogP contribution < -0.4 is 0 Å². The van der Waals surface area contributed by atoms with Crippen molar-refractivity contribution in [2.45, 2.75) is 12.1 Å². The molecule has 0 aliphatic rings. The molecule has 0 aliphatic carbocycles. The fourth-order valence-electron chi connectivity index (χ4n) is 1.84. The Morgan fingerprint density at radius 3 is 2.56 bits per heavy atom. The van der Waals surface area contributed by atoms with E-state index in [2.05, 4.69) is 4.98 Å². The maximum Gasteiger partial charge on any atom is 0.406 e. The fourth-order valence-corrected chi connectivity index (χ4v) is 1.84. The number of aliphatic carboxylic acids is 1. The first-order valence-corrected chi connectivity index (χ1v) is 4.87. The lowest BCUT2D eigenvalue weighted by molar-refractivity contribution is -0.176. The minimum Gasteiger partial charge on any atom is -0.481 e. The van der Waals surface area contributed by atoms with Crippen LogP contribution in [0.25, 0.3) is 10.9 Å². The minimum atomic E-state index is -4.98. The third-order valence-electron chi connectivity index (χ3n) is 2.57. The number of nitrogens with one attached hydrogen (secondary N) is 1. The minimum absolute atomic E-state index is 0.125. The van der Waals surface area contributed by atoms with E-state index in [0.29, 0.717) is 0 Å². The molecule has 0 unspecified atom stereocenters. The molecular weight excluding hydrogens is 254 g/mol. The van der Waals surface area contributed by atoms with Gasteiger partial charge in [-0.15, -0.1) is 0 Å². The van der Waals surface area contributed by atoms with E-state index in [-0.39, 0.29) is 10.9 Å². The van der Waals surface area contributed by atoms with Gasteiger partial charge in [0.2, 0.25) is 0 Å². The summed E-state index contributed by atoms with van der Waals surface area (Å²) in [6, 6.07) is 3.67. The zero-order valence-electron chi connectivity index (χ0n) is 8.75. The second kappa shape index (κ2) is 4.01. The molecule has 1 heterocycles. The average molecular weight is 261 g/mol. The number of hydrogen-bond acceptors (Lipinski definition) is 1. The topological polar surface area (TPSA) is 53.1 Å². The molecule has 1 aromatic carbocycles. The number of carboxylic acids is 1. The van der Waals surface area contributed by atoms with Gasteiger partial charge in [0.1, 0.15) is 5.82 Å². The zero-order chi connectivity index (χ0) is 13.5. The van der Waals surface area contributed by atoms with Gasteiger partial charge in [-0.05, 0) is 12.1 Å². The largest absolute Gasteiger partial charge is 0.481 e. The molecule has 2 N–H and O–H groups in total. The monoisotopic (exact) mass is 261 g/mol. The van der Waals surface area contributed by atoms with Crippen LogP contribution >= 0.6 is 0 Å². The first-order chi connectivity index (χ1) is 8.32. The predicted molar refractivity (Wildman–Crippen MR) is 54.7 cm³/mol. The van der Waals surface area contributed by atoms with E-state index in [9.17, 15) is 22.4 Å². The lowest BCUT2D eigenvalue weighted by Crippen LogP contribution is -2.28. The smallest absolute Gasteiger partial charge is 0.406 e. The SMILES string of the molecule is O=C(O)[C@H](c1c[nH]c2cccc(F)c12)C(F)(F)F. The third kappa shape index (κ3) is 1.92. The number of aromatic nitrogens is 1. The van der Waals surface area contributed by atoms with E-state index in [4.69, 9.17) is 5.11 Å². The number of carboxylic acid groups (broad SMARTS) is 1. The van der Waals surface area contributed by atoms with Crippen LogP contribution in [0, 0.1) is 5.82 Å². The van der Waals surface area contributed by atoms with Crippen LogP contribution in [0.3, 0.4) is 0 Å². The number of rotatable bonds is 2. The molecule has 1 atom stereocenters. The molecule has 0 spiro atoms. The van der Waals surface area contributed by atoms with Gasteiger partial charge in [0.15, 0.2) is 5.92 Å². The first kappa shape index (κ1) is 12.4. The Labute approximate surface area is 98.0 Å². The van der Waals surface area contributed by atoms with Crippen LogP contribution in [0.15, 0.2) is 24.4 Å². The van der Waals surface area contributed by atoms with Crippen LogP contribution in [0.2, 0.25) is 0 Å². The van der Waals surface area contributed by atoms with Gasteiger partial charge in [0.25, 0.3) is 0 Å². The Balaban J connectivity index is 2.70. The summed E-state index contributed by atoms with van der Waals surface area (Å²) >= 11 is 0. The summed E-state index contributed by atoms with van der Waals surface area (Å²) < 4.78 is 51.5. The van der Waals surface area contributed by atoms with Crippen molar-refractivity contribution < 1.29 is 27.5 Å². The van der Waals surface area contributed by atoms with Crippen molar-refractivity contribution in [1.82, 2.24) is 4.98 Å². The Bertz CT molecular complexity index is 603. The van der Waals surface area contributed by atoms with Crippen LogP contribution in [0.1, 0.15) is 11.5 Å². The van der Waals surface area contributed by atoms with E-state index in [0.717, 1.165) is 12.3 Å². The van der Waals surface area contributed by atoms with Gasteiger partial charge in [-0.1, -0.05) is 6.07 Å². The van der Waals surface area contributed by atoms with Gasteiger partial charge in [0, 0.05) is 22.7 Å². The molecule has 7 heteroatoms. The fraction of sp³-hybridized carbons (Fsp3) is 0.182. The summed E-state index contributed by atoms with van der Waals surface area (Å²) in [6.45, 7) is 0. The number of hydrogen-bond donors (Lipinski definition) is 2. The molecule has 0 amide bonds. The molecular formula is C11H7F4NO2. The number of alkyl halides is 3. The molecule has 1 aromatic heterocycles. The summed E-state index contributed by atoms with van der Waals surface area (Å²) in [5, 5.41) is 8.33. The highest BCUT2D eigenvalue weighted by Gasteiger charge is 2.47. The van der Waals surface area contributed by atoms with E-state index in [1.54, 1.807) is 0 Å². The maximum absolute atomic E-state index is 13.5. The van der Waals surface area contributed by atoms with E-state index >= 15 is 0 Å². The number of halogens is 4. The van der Waals surface area contributed by atoms with Gasteiger partial charge < -0.3 is 10.1 Å². The second-order valence-corrected chi connectivity index (χ2v) is 3.72. The molecule has 3 nitrogen and oxygen atoms in total. The Morgan fingerprint density at radius 2 is 2.00 bits per heavy atom. The maximum atomic E-state index is 13.5. The van der Waals surface area contributed by atoms with Crippen molar-refractivity contribution in [1.29, 1.82) is 0 Å². The number of H-pyrrole nitrogens is 1. The Hall–Kier alpha value is -2.05. The van der Waals surface area contributed by atoms with Gasteiger partial charge in [-0.25, -0.2) is 4.39 Å². The number of carbonyl (C=O) groups is 1. The molecule has 0 fully saturated rings. The van der Waals surface area contributed by atoms with Crippen molar-refractivity contribution in [2.75, 3.05) is 0 Å². The summed E-state index contributed by atoms with van der Waals surface area (Å²) in [4.78, 5) is 13.2. The summed E-state index contributed by atoms with van der Waals surface area (Å²) in [5.41, 5.74) is -0.497. The molecule has 96 valence electrons. The van der Waals surface area contributed by atoms with E-state index in [1.807, 2.05) is 0 Å². The van der Waals surface area contributed by atoms with Crippen molar-refractivity contribution in [2.24, 2.45) is 0 Å². The zero-order valence-corrected chi connectivity index (χ0v) is 8.75. The normalized spacial score (nSPS) is 13.8. The van der Waals surface area contributed by atoms with Crippen LogP contribution in [0.5, 0.6) is 0 Å². The van der Waals surface area contributed by atoms with E-state index in [1.165, 1.54) is 12.1 Å². The van der Waals surface area contributed by atoms with E-state index < -0.39 is 29.4 Å². The second-order valence-electron chi connectivity index (χ2n) is 3.72. The summed E-state index contributed by atoms with van der Waals surface area (Å²) in [7, 11) is 0. The molecule has 0 aliphatic heterocycles. The van der Waals surface area contributed by atoms with Gasteiger partial charge >= 0.3 is 12.1 Å². The Kier molecular flexibility index (Phi) is 2.76. The number of benzene rings is 1. The lowest BCUT2D eigenvalue weighted by atomic mass is 9.98. The third-order valence-corrected chi connectivity index (χ3v) is 2.57. The summed E-state index contributed by atoms with van der Waals surface area (Å²) in [5.74, 6) is -5.70. The highest BCUT2D eigenvalue weighted by molar-refractivity contribution is 5.90. The van der Waals surface area contributed by atoms with Crippen molar-refractivity contribution in [3.8, 4) is 0 Å². The molecule has 18 heavy (non-hydrogen) atoms. The van der Waals surface area contributed by atoms with Crippen LogP contribution in [0.4, 0.5) is 17.6 Å². The molecule has 2 rings (SSSR count). The van der Waals surface area contributed by atoms with Crippen LogP contribution in [-0.4, -0.2) is 22.2 Å². The lowest BCUT2D eigenvalue weighted by Gasteiger charge is -2.15. The van der Waals surface area contributed by atoms with Gasteiger partial charge in [0.05, 0.1) is 0 Å². The van der Waals surface area contributed by atoms with Crippen LogP contribution in [-0.2, 0) is 4.79 Å². The highest BCUT2D eigenvalue weighted by atomic mass is 19.4. The molecule has 2 aromatic rings. The van der Waals surface area contributed by atoms with Crippen molar-refractivity contribution in [3.63, 3.8) is 0 Å². The molecule has 0 saturated heterocycles. The standard InChI is InChI=1S/C11H7F4NO2/c12-6-2-1-3-7-8(6)5(4-16-7)9(10(17)18)11(13,14)15/h1-4,9,16H,(H,17,18)/t9-/m0/s1. The molecule has 0 radical (unpaired) electrons. The van der Waals surface area contributed by atoms with Gasteiger partial charge in [-0.3, -0.25) is 4.79 Å². The average Bonchev–Trinajstić information content (AvgIpc) is 2.60. The number of fused-ring (bicyclic) bond motifs is 1. The quantitative estimate of drug-likeness (QED) is 0.816. The number of aromatic amines is 1. The van der Waals surface area contributed by atoms with Crippen molar-refractivity contribution in [3.05, 3.63) is 35.8 Å². The van der Waals surface area contributed by atoms with Gasteiger partial charge in [-0.2, -0.15) is 13.2 Å². The molecule has 0 saturated carbocycles. The predicted octanol–water partition coefficient (Wildman–Crippen LogP) is 3.04.